The molecule has 0 aliphatic rings. The van der Waals surface area contributed by atoms with Crippen LogP contribution in [0.2, 0.25) is 0 Å². The van der Waals surface area contributed by atoms with Crippen molar-refractivity contribution in [3.05, 3.63) is 0 Å². The van der Waals surface area contributed by atoms with Crippen molar-refractivity contribution in [2.45, 2.75) is 26.9 Å². The quantitative estimate of drug-likeness (QED) is 0.207. The molecule has 0 aliphatic carbocycles. The smallest absolute Gasteiger partial charge is 0.222 e. The maximum Gasteiger partial charge on any atom is 0.222 e. The van der Waals surface area contributed by atoms with E-state index in [9.17, 15) is 9.18 Å². The van der Waals surface area contributed by atoms with Gasteiger partial charge in [-0.15, -0.1) is 0 Å². The van der Waals surface area contributed by atoms with Crippen LogP contribution in [0.5, 0.6) is 0 Å². The predicted octanol–water partition coefficient (Wildman–Crippen LogP) is 0.806. The summed E-state index contributed by atoms with van der Waals surface area (Å²) in [7, 11) is 0. The fraction of sp³-hybridized carbons (Fsp3) is 0.952. The Morgan fingerprint density at radius 3 is 1.58 bits per heavy atom. The molecule has 0 aromatic carbocycles. The van der Waals surface area contributed by atoms with Crippen LogP contribution in [-0.4, -0.2) is 111 Å². The molecule has 186 valence electrons. The van der Waals surface area contributed by atoms with Crippen LogP contribution < -0.4 is 10.6 Å². The van der Waals surface area contributed by atoms with Crippen LogP contribution in [-0.2, 0) is 33.2 Å². The molecule has 2 N–H and O–H groups in total. The highest BCUT2D eigenvalue weighted by atomic mass is 19.1. The van der Waals surface area contributed by atoms with Crippen molar-refractivity contribution in [2.75, 3.05) is 98.9 Å². The van der Waals surface area contributed by atoms with E-state index in [1.807, 2.05) is 0 Å². The molecule has 0 aromatic heterocycles. The second-order valence-corrected chi connectivity index (χ2v) is 6.99. The van der Waals surface area contributed by atoms with Gasteiger partial charge in [-0.2, -0.15) is 0 Å². The van der Waals surface area contributed by atoms with E-state index in [1.54, 1.807) is 13.8 Å². The third kappa shape index (κ3) is 23.6. The van der Waals surface area contributed by atoms with Crippen molar-refractivity contribution >= 4 is 5.91 Å². The number of hydrogen-bond acceptors (Lipinski definition) is 8. The number of hydrogen-bond donors (Lipinski definition) is 2. The third-order valence-electron chi connectivity index (χ3n) is 3.85. The summed E-state index contributed by atoms with van der Waals surface area (Å²) in [6.45, 7) is 12.7. The Hall–Kier alpha value is -0.880. The Balaban J connectivity index is 3.14. The zero-order chi connectivity index (χ0) is 23.0. The molecule has 0 fully saturated rings. The standard InChI is InChI=1S/C21H43FN2O7/c1-4-23-5-6-26-7-8-27-9-10-28-11-12-29-13-14-30-15-16-31-18-20(22)17-24-21(25)19(2)3/h19-20,23H,4-18H2,1-3H3,(H,24,25). The van der Waals surface area contributed by atoms with Gasteiger partial charge in [-0.05, 0) is 6.54 Å². The van der Waals surface area contributed by atoms with Crippen LogP contribution in [0.1, 0.15) is 20.8 Å². The normalized spacial score (nSPS) is 12.4. The molecular formula is C21H43FN2O7. The fourth-order valence-electron chi connectivity index (χ4n) is 2.11. The number of amides is 1. The van der Waals surface area contributed by atoms with E-state index < -0.39 is 6.17 Å². The van der Waals surface area contributed by atoms with Crippen molar-refractivity contribution in [3.63, 3.8) is 0 Å². The fourth-order valence-corrected chi connectivity index (χ4v) is 2.11. The average molecular weight is 455 g/mol. The Morgan fingerprint density at radius 2 is 1.16 bits per heavy atom. The first-order chi connectivity index (χ1) is 15.1. The number of ether oxygens (including phenoxy) is 6. The van der Waals surface area contributed by atoms with Crippen LogP contribution in [0.3, 0.4) is 0 Å². The minimum atomic E-state index is -1.22. The van der Waals surface area contributed by atoms with Gasteiger partial charge in [0.05, 0.1) is 85.8 Å². The van der Waals surface area contributed by atoms with Gasteiger partial charge in [0, 0.05) is 12.5 Å². The van der Waals surface area contributed by atoms with E-state index in [4.69, 9.17) is 28.4 Å². The lowest BCUT2D eigenvalue weighted by Crippen LogP contribution is -2.35. The molecule has 0 aliphatic heterocycles. The molecule has 9 nitrogen and oxygen atoms in total. The first-order valence-electron chi connectivity index (χ1n) is 11.2. The van der Waals surface area contributed by atoms with Crippen molar-refractivity contribution < 1.29 is 37.6 Å². The van der Waals surface area contributed by atoms with E-state index in [-0.39, 0.29) is 25.0 Å². The van der Waals surface area contributed by atoms with Gasteiger partial charge in [0.15, 0.2) is 0 Å². The predicted molar refractivity (Wildman–Crippen MR) is 116 cm³/mol. The molecule has 0 radical (unpaired) electrons. The number of alkyl halides is 1. The summed E-state index contributed by atoms with van der Waals surface area (Å²) < 4.78 is 45.6. The van der Waals surface area contributed by atoms with Gasteiger partial charge in [0.2, 0.25) is 5.91 Å². The van der Waals surface area contributed by atoms with Gasteiger partial charge in [-0.25, -0.2) is 4.39 Å². The van der Waals surface area contributed by atoms with Crippen molar-refractivity contribution in [1.29, 1.82) is 0 Å². The zero-order valence-electron chi connectivity index (χ0n) is 19.5. The highest BCUT2D eigenvalue weighted by Gasteiger charge is 2.11. The molecule has 0 heterocycles. The van der Waals surface area contributed by atoms with E-state index in [0.717, 1.165) is 13.1 Å². The first-order valence-corrected chi connectivity index (χ1v) is 11.2. The van der Waals surface area contributed by atoms with Crippen LogP contribution >= 0.6 is 0 Å². The Morgan fingerprint density at radius 1 is 0.742 bits per heavy atom. The average Bonchev–Trinajstić information content (AvgIpc) is 2.76. The molecule has 0 saturated carbocycles. The lowest BCUT2D eigenvalue weighted by molar-refractivity contribution is -0.124. The summed E-state index contributed by atoms with van der Waals surface area (Å²) in [5.41, 5.74) is 0. The van der Waals surface area contributed by atoms with Crippen LogP contribution in [0.4, 0.5) is 4.39 Å². The maximum atomic E-state index is 13.5. The number of nitrogens with one attached hydrogen (secondary N) is 2. The third-order valence-corrected chi connectivity index (χ3v) is 3.85. The second kappa shape index (κ2) is 23.8. The van der Waals surface area contributed by atoms with Gasteiger partial charge in [-0.3, -0.25) is 4.79 Å². The van der Waals surface area contributed by atoms with E-state index >= 15 is 0 Å². The number of halogens is 1. The van der Waals surface area contributed by atoms with Gasteiger partial charge < -0.3 is 39.1 Å². The molecule has 31 heavy (non-hydrogen) atoms. The monoisotopic (exact) mass is 454 g/mol. The number of carbonyl (C=O) groups is 1. The largest absolute Gasteiger partial charge is 0.378 e. The van der Waals surface area contributed by atoms with Crippen LogP contribution in [0.25, 0.3) is 0 Å². The van der Waals surface area contributed by atoms with Crippen molar-refractivity contribution in [1.82, 2.24) is 10.6 Å². The molecule has 0 aromatic rings. The second-order valence-electron chi connectivity index (χ2n) is 6.99. The molecule has 1 unspecified atom stereocenters. The Bertz CT molecular complexity index is 393. The number of likely N-dealkylation sites (N-methyl/N-ethyl adjacent to an activating group) is 1. The minimum Gasteiger partial charge on any atom is -0.378 e. The van der Waals surface area contributed by atoms with Crippen LogP contribution in [0, 0.1) is 5.92 Å². The van der Waals surface area contributed by atoms with E-state index in [0.29, 0.717) is 72.7 Å². The van der Waals surface area contributed by atoms with Crippen molar-refractivity contribution in [2.24, 2.45) is 5.92 Å². The molecule has 0 saturated heterocycles. The highest BCUT2D eigenvalue weighted by Crippen LogP contribution is 1.94. The van der Waals surface area contributed by atoms with Gasteiger partial charge in [0.1, 0.15) is 6.17 Å². The summed E-state index contributed by atoms with van der Waals surface area (Å²) in [5.74, 6) is -0.320. The minimum absolute atomic E-state index is 0.0363. The summed E-state index contributed by atoms with van der Waals surface area (Å²) in [6, 6.07) is 0. The van der Waals surface area contributed by atoms with Gasteiger partial charge in [0.25, 0.3) is 0 Å². The Kier molecular flexibility index (Phi) is 23.1. The number of carbonyl (C=O) groups excluding carboxylic acids is 1. The van der Waals surface area contributed by atoms with Gasteiger partial charge >= 0.3 is 0 Å². The summed E-state index contributed by atoms with van der Waals surface area (Å²) in [4.78, 5) is 11.3. The molecule has 1 amide bonds. The SMILES string of the molecule is CCNCCOCCOCCOCCOCCOCCOCC(F)CNC(=O)C(C)C. The maximum absolute atomic E-state index is 13.5. The van der Waals surface area contributed by atoms with Crippen molar-refractivity contribution in [3.8, 4) is 0 Å². The summed E-state index contributed by atoms with van der Waals surface area (Å²) in [6.07, 6.45) is -1.22. The first kappa shape index (κ1) is 30.1. The zero-order valence-corrected chi connectivity index (χ0v) is 19.5. The molecule has 0 rings (SSSR count). The summed E-state index contributed by atoms with van der Waals surface area (Å²) >= 11 is 0. The molecule has 10 heteroatoms. The molecule has 0 bridgehead atoms. The summed E-state index contributed by atoms with van der Waals surface area (Å²) in [5, 5.41) is 5.71. The topological polar surface area (TPSA) is 96.5 Å². The van der Waals surface area contributed by atoms with Crippen LogP contribution in [0.15, 0.2) is 0 Å². The molecular weight excluding hydrogens is 411 g/mol. The lowest BCUT2D eigenvalue weighted by atomic mass is 10.2. The highest BCUT2D eigenvalue weighted by molar-refractivity contribution is 5.77. The van der Waals surface area contributed by atoms with Gasteiger partial charge in [-0.1, -0.05) is 20.8 Å². The van der Waals surface area contributed by atoms with E-state index in [1.165, 1.54) is 0 Å². The Labute approximate surface area is 186 Å². The molecule has 1 atom stereocenters. The lowest BCUT2D eigenvalue weighted by Gasteiger charge is -2.12. The number of rotatable bonds is 24. The van der Waals surface area contributed by atoms with E-state index in [2.05, 4.69) is 17.6 Å². The molecule has 0 spiro atoms.